The van der Waals surface area contributed by atoms with Crippen molar-refractivity contribution in [3.05, 3.63) is 69.8 Å². The Morgan fingerprint density at radius 2 is 1.75 bits per heavy atom. The topological polar surface area (TPSA) is 110 Å². The van der Waals surface area contributed by atoms with E-state index in [1.807, 2.05) is 25.5 Å². The number of guanidine groups is 1. The Bertz CT molecular complexity index is 1470. The van der Waals surface area contributed by atoms with Crippen LogP contribution in [0.1, 0.15) is 37.6 Å². The number of benzene rings is 2. The van der Waals surface area contributed by atoms with Crippen LogP contribution in [0.3, 0.4) is 0 Å². The molecule has 1 heterocycles. The second-order valence-corrected chi connectivity index (χ2v) is 11.2. The second kappa shape index (κ2) is 10.2. The third-order valence-corrected chi connectivity index (χ3v) is 7.78. The highest BCUT2D eigenvalue weighted by atomic mass is 32.2. The summed E-state index contributed by atoms with van der Waals surface area (Å²) in [6.45, 7) is 10.8. The van der Waals surface area contributed by atoms with Crippen LogP contribution >= 0.6 is 11.3 Å². The van der Waals surface area contributed by atoms with Crippen LogP contribution in [0.25, 0.3) is 17.0 Å². The van der Waals surface area contributed by atoms with Crippen molar-refractivity contribution >= 4 is 45.4 Å². The van der Waals surface area contributed by atoms with Gasteiger partial charge in [0.2, 0.25) is 5.96 Å². The Morgan fingerprint density at radius 1 is 1.14 bits per heavy atom. The Morgan fingerprint density at radius 3 is 2.31 bits per heavy atom. The zero-order chi connectivity index (χ0) is 26.8. The lowest BCUT2D eigenvalue weighted by Crippen LogP contribution is -2.17. The number of hydrogen-bond acceptors (Lipinski definition) is 5. The van der Waals surface area contributed by atoms with E-state index in [9.17, 15) is 17.2 Å². The zero-order valence-corrected chi connectivity index (χ0v) is 21.6. The van der Waals surface area contributed by atoms with Crippen molar-refractivity contribution in [1.82, 2.24) is 4.98 Å². The van der Waals surface area contributed by atoms with Crippen LogP contribution in [0.2, 0.25) is 0 Å². The zero-order valence-electron chi connectivity index (χ0n) is 19.9. The van der Waals surface area contributed by atoms with E-state index in [0.29, 0.717) is 15.6 Å². The third kappa shape index (κ3) is 5.49. The van der Waals surface area contributed by atoms with Crippen LogP contribution in [-0.2, 0) is 15.4 Å². The molecule has 0 radical (unpaired) electrons. The molecule has 0 bridgehead atoms. The fourth-order valence-electron chi connectivity index (χ4n) is 3.13. The largest absolute Gasteiger partial charge is 0.368 e. The van der Waals surface area contributed by atoms with Crippen LogP contribution < -0.4 is 10.5 Å². The third-order valence-electron chi connectivity index (χ3n) is 4.86. The summed E-state index contributed by atoms with van der Waals surface area (Å²) in [6.07, 6.45) is 1.65. The number of nitrogens with two attached hydrogens (primary N) is 1. The molecule has 0 amide bonds. The maximum Gasteiger partial charge on any atom is 0.267 e. The summed E-state index contributed by atoms with van der Waals surface area (Å²) in [5, 5.41) is 0.658. The summed E-state index contributed by atoms with van der Waals surface area (Å²) >= 11 is 1.27. The maximum atomic E-state index is 15.7. The average molecular weight is 536 g/mol. The van der Waals surface area contributed by atoms with Gasteiger partial charge in [0.15, 0.2) is 10.7 Å². The molecule has 0 aliphatic heterocycles. The van der Waals surface area contributed by atoms with Crippen molar-refractivity contribution in [3.8, 4) is 11.3 Å². The number of anilines is 1. The van der Waals surface area contributed by atoms with Crippen LogP contribution in [0.4, 0.5) is 18.9 Å². The number of allylic oxidation sites excluding steroid dienone is 1. The normalized spacial score (nSPS) is 13.1. The molecule has 1 aromatic heterocycles. The fraction of sp³-hybridized carbons (Fsp3) is 0.208. The molecule has 0 aliphatic carbocycles. The van der Waals surface area contributed by atoms with Gasteiger partial charge in [-0.1, -0.05) is 39.0 Å². The van der Waals surface area contributed by atoms with Crippen molar-refractivity contribution < 1.29 is 21.6 Å². The summed E-state index contributed by atoms with van der Waals surface area (Å²) in [4.78, 5) is 11.7. The van der Waals surface area contributed by atoms with Gasteiger partial charge in [0, 0.05) is 11.0 Å². The maximum absolute atomic E-state index is 15.7. The van der Waals surface area contributed by atoms with E-state index < -0.39 is 43.5 Å². The van der Waals surface area contributed by atoms with E-state index in [2.05, 4.69) is 21.7 Å². The molecule has 0 unspecified atom stereocenters. The number of nitrogens with zero attached hydrogens (tertiary/aromatic N) is 3. The summed E-state index contributed by atoms with van der Waals surface area (Å²) in [6, 6.07) is 6.56. The Hall–Kier alpha value is -3.51. The second-order valence-electron chi connectivity index (χ2n) is 8.57. The van der Waals surface area contributed by atoms with Gasteiger partial charge in [-0.2, -0.15) is 0 Å². The molecule has 7 nitrogen and oxygen atoms in total. The molecule has 0 saturated heterocycles. The summed E-state index contributed by atoms with van der Waals surface area (Å²) < 4.78 is 71.4. The van der Waals surface area contributed by atoms with Crippen molar-refractivity contribution in [2.75, 3.05) is 4.72 Å². The number of hydrogen-bond donors (Lipinski definition) is 2. The predicted molar refractivity (Wildman–Crippen MR) is 138 cm³/mol. The van der Waals surface area contributed by atoms with E-state index in [4.69, 9.17) is 5.73 Å². The smallest absolute Gasteiger partial charge is 0.267 e. The Balaban J connectivity index is 2.19. The lowest BCUT2D eigenvalue weighted by Gasteiger charge is -2.14. The van der Waals surface area contributed by atoms with Gasteiger partial charge < -0.3 is 5.73 Å². The number of sulfonamides is 1. The van der Waals surface area contributed by atoms with Crippen LogP contribution in [0, 0.1) is 17.5 Å². The number of thiazole rings is 1. The van der Waals surface area contributed by atoms with Gasteiger partial charge in [0.1, 0.15) is 11.6 Å². The molecule has 0 fully saturated rings. The van der Waals surface area contributed by atoms with Crippen molar-refractivity contribution in [3.63, 3.8) is 0 Å². The molecule has 0 saturated carbocycles. The van der Waals surface area contributed by atoms with Gasteiger partial charge in [-0.3, -0.25) is 4.72 Å². The van der Waals surface area contributed by atoms with Gasteiger partial charge in [0.05, 0.1) is 27.0 Å². The Kier molecular flexibility index (Phi) is 7.70. The monoisotopic (exact) mass is 535 g/mol. The fourth-order valence-corrected chi connectivity index (χ4v) is 5.49. The van der Waals surface area contributed by atoms with Gasteiger partial charge in [0.25, 0.3) is 10.0 Å². The first kappa shape index (κ1) is 27.1. The highest BCUT2D eigenvalue weighted by Gasteiger charge is 2.28. The number of nitrogens with one attached hydrogen (secondary N) is 1. The van der Waals surface area contributed by atoms with E-state index in [0.717, 1.165) is 24.3 Å². The highest BCUT2D eigenvalue weighted by Crippen LogP contribution is 2.40. The van der Waals surface area contributed by atoms with Crippen molar-refractivity contribution in [2.45, 2.75) is 38.0 Å². The minimum atomic E-state index is -4.79. The van der Waals surface area contributed by atoms with E-state index in [-0.39, 0.29) is 17.2 Å². The lowest BCUT2D eigenvalue weighted by molar-refractivity contribution is 0.521. The number of aliphatic imine (C=N–C) groups is 2. The minimum Gasteiger partial charge on any atom is -0.368 e. The van der Waals surface area contributed by atoms with Crippen molar-refractivity contribution in [2.24, 2.45) is 15.7 Å². The van der Waals surface area contributed by atoms with E-state index >= 15 is 4.39 Å². The van der Waals surface area contributed by atoms with E-state index in [1.165, 1.54) is 23.5 Å². The Labute approximate surface area is 211 Å². The molecule has 0 atom stereocenters. The minimum absolute atomic E-state index is 0.0503. The SMILES string of the molecule is C=NC(N)=N/C(=C\C)c1sc(C(C)(C)C)nc1-c1cccc(NS(=O)(=O)c2c(F)cccc2F)c1F. The average Bonchev–Trinajstić information content (AvgIpc) is 3.24. The first-order chi connectivity index (χ1) is 16.8. The van der Waals surface area contributed by atoms with Crippen LogP contribution in [0.15, 0.2) is 57.4 Å². The molecular formula is C24H24F3N5O2S2. The van der Waals surface area contributed by atoms with Gasteiger partial charge >= 0.3 is 0 Å². The first-order valence-electron chi connectivity index (χ1n) is 10.5. The molecule has 0 aliphatic rings. The molecule has 190 valence electrons. The quantitative estimate of drug-likeness (QED) is 0.312. The van der Waals surface area contributed by atoms with Gasteiger partial charge in [-0.15, -0.1) is 11.3 Å². The van der Waals surface area contributed by atoms with Gasteiger partial charge in [-0.05, 0) is 37.9 Å². The summed E-state index contributed by atoms with van der Waals surface area (Å²) in [5.41, 5.74) is 5.31. The molecule has 2 aromatic carbocycles. The molecule has 36 heavy (non-hydrogen) atoms. The predicted octanol–water partition coefficient (Wildman–Crippen LogP) is 5.70. The van der Waals surface area contributed by atoms with Crippen molar-refractivity contribution in [1.29, 1.82) is 0 Å². The number of halogens is 3. The number of rotatable bonds is 6. The molecule has 12 heteroatoms. The summed E-state index contributed by atoms with van der Waals surface area (Å²) in [5.74, 6) is -3.70. The summed E-state index contributed by atoms with van der Waals surface area (Å²) in [7, 11) is -4.79. The van der Waals surface area contributed by atoms with Crippen LogP contribution in [-0.4, -0.2) is 26.1 Å². The standard InChI is InChI=1S/C24H24F3N5O2S2/c1-6-16(30-23(28)29-5)20-19(31-22(35-20)24(2,3)4)13-9-7-12-17(18(13)27)32-36(33,34)21-14(25)10-8-11-15(21)26/h6-12,32H,5H2,1-4H3,(H2,28,30)/b16-6-. The number of aromatic nitrogens is 1. The van der Waals surface area contributed by atoms with E-state index in [1.54, 1.807) is 13.0 Å². The molecule has 3 aromatic rings. The lowest BCUT2D eigenvalue weighted by atomic mass is 9.98. The van der Waals surface area contributed by atoms with Crippen LogP contribution in [0.5, 0.6) is 0 Å². The molecule has 3 rings (SSSR count). The molecule has 0 spiro atoms. The first-order valence-corrected chi connectivity index (χ1v) is 12.8. The molecule has 3 N–H and O–H groups in total. The highest BCUT2D eigenvalue weighted by molar-refractivity contribution is 7.92. The van der Waals surface area contributed by atoms with Gasteiger partial charge in [-0.25, -0.2) is 36.6 Å². The molecular weight excluding hydrogens is 511 g/mol.